The average molecular weight is 372 g/mol. The number of anilines is 1. The highest BCUT2D eigenvalue weighted by Crippen LogP contribution is 2.31. The van der Waals surface area contributed by atoms with Gasteiger partial charge in [-0.2, -0.15) is 0 Å². The Morgan fingerprint density at radius 3 is 2.60 bits per heavy atom. The SMILES string of the molecule is CSc1cc(Br)c(C(=O)NNc2ccccc2)cc1Cl. The Morgan fingerprint density at radius 2 is 1.95 bits per heavy atom. The van der Waals surface area contributed by atoms with Gasteiger partial charge in [0.05, 0.1) is 16.3 Å². The maximum atomic E-state index is 12.1. The summed E-state index contributed by atoms with van der Waals surface area (Å²) in [4.78, 5) is 13.0. The molecule has 0 aliphatic rings. The predicted octanol–water partition coefficient (Wildman–Crippen LogP) is 4.58. The van der Waals surface area contributed by atoms with Gasteiger partial charge in [-0.1, -0.05) is 29.8 Å². The summed E-state index contributed by atoms with van der Waals surface area (Å²) in [7, 11) is 0. The van der Waals surface area contributed by atoms with Gasteiger partial charge in [-0.3, -0.25) is 15.6 Å². The number of amides is 1. The van der Waals surface area contributed by atoms with Gasteiger partial charge < -0.3 is 0 Å². The van der Waals surface area contributed by atoms with E-state index in [0.717, 1.165) is 10.6 Å². The third-order valence-electron chi connectivity index (χ3n) is 2.58. The van der Waals surface area contributed by atoms with Gasteiger partial charge in [-0.15, -0.1) is 11.8 Å². The van der Waals surface area contributed by atoms with Crippen molar-refractivity contribution in [1.82, 2.24) is 5.43 Å². The van der Waals surface area contributed by atoms with Gasteiger partial charge in [0.2, 0.25) is 0 Å². The molecule has 0 atom stereocenters. The maximum Gasteiger partial charge on any atom is 0.270 e. The van der Waals surface area contributed by atoms with Crippen molar-refractivity contribution in [3.8, 4) is 0 Å². The molecule has 0 saturated heterocycles. The van der Waals surface area contributed by atoms with Gasteiger partial charge in [-0.05, 0) is 46.5 Å². The van der Waals surface area contributed by atoms with Crippen molar-refractivity contribution in [3.05, 3.63) is 57.5 Å². The fraction of sp³-hybridized carbons (Fsp3) is 0.0714. The molecule has 2 aromatic rings. The molecule has 6 heteroatoms. The van der Waals surface area contributed by atoms with Crippen molar-refractivity contribution in [3.63, 3.8) is 0 Å². The molecule has 2 N–H and O–H groups in total. The monoisotopic (exact) mass is 370 g/mol. The van der Waals surface area contributed by atoms with E-state index in [1.807, 2.05) is 42.7 Å². The Kier molecular flexibility index (Phi) is 5.34. The topological polar surface area (TPSA) is 41.1 Å². The molecule has 20 heavy (non-hydrogen) atoms. The Morgan fingerprint density at radius 1 is 1.25 bits per heavy atom. The Balaban J connectivity index is 2.11. The number of carbonyl (C=O) groups is 1. The lowest BCUT2D eigenvalue weighted by atomic mass is 10.2. The summed E-state index contributed by atoms with van der Waals surface area (Å²) >= 11 is 11.0. The van der Waals surface area contributed by atoms with Crippen LogP contribution in [0.15, 0.2) is 51.8 Å². The third kappa shape index (κ3) is 3.69. The number of benzene rings is 2. The first-order valence-corrected chi connectivity index (χ1v) is 8.16. The summed E-state index contributed by atoms with van der Waals surface area (Å²) in [6.07, 6.45) is 1.93. The number of hydrazine groups is 1. The molecule has 104 valence electrons. The fourth-order valence-corrected chi connectivity index (χ4v) is 3.14. The first kappa shape index (κ1) is 15.2. The number of carbonyl (C=O) groups excluding carboxylic acids is 1. The Labute approximate surface area is 135 Å². The zero-order chi connectivity index (χ0) is 14.5. The summed E-state index contributed by atoms with van der Waals surface area (Å²) in [5.74, 6) is -0.254. The number of hydrogen-bond acceptors (Lipinski definition) is 3. The predicted molar refractivity (Wildman–Crippen MR) is 88.5 cm³/mol. The average Bonchev–Trinajstić information content (AvgIpc) is 2.47. The van der Waals surface area contributed by atoms with E-state index in [1.54, 1.807) is 6.07 Å². The van der Waals surface area contributed by atoms with Gasteiger partial charge >= 0.3 is 0 Å². The number of halogens is 2. The van der Waals surface area contributed by atoms with Crippen molar-refractivity contribution in [2.24, 2.45) is 0 Å². The molecule has 2 rings (SSSR count). The van der Waals surface area contributed by atoms with Crippen molar-refractivity contribution < 1.29 is 4.79 Å². The van der Waals surface area contributed by atoms with Crippen molar-refractivity contribution in [2.45, 2.75) is 4.90 Å². The lowest BCUT2D eigenvalue weighted by Gasteiger charge is -2.11. The molecule has 0 saturated carbocycles. The van der Waals surface area contributed by atoms with Crippen LogP contribution in [0.5, 0.6) is 0 Å². The minimum Gasteiger partial charge on any atom is -0.298 e. The van der Waals surface area contributed by atoms with Crippen LogP contribution in [0.4, 0.5) is 5.69 Å². The minimum atomic E-state index is -0.254. The zero-order valence-electron chi connectivity index (χ0n) is 10.6. The van der Waals surface area contributed by atoms with Crippen LogP contribution in [0.2, 0.25) is 5.02 Å². The van der Waals surface area contributed by atoms with E-state index in [2.05, 4.69) is 26.8 Å². The van der Waals surface area contributed by atoms with Gasteiger partial charge in [0.25, 0.3) is 5.91 Å². The van der Waals surface area contributed by atoms with Crippen molar-refractivity contribution in [1.29, 1.82) is 0 Å². The number of thioether (sulfide) groups is 1. The van der Waals surface area contributed by atoms with Crippen molar-refractivity contribution >= 4 is 50.9 Å². The highest BCUT2D eigenvalue weighted by Gasteiger charge is 2.13. The van der Waals surface area contributed by atoms with Crippen molar-refractivity contribution in [2.75, 3.05) is 11.7 Å². The van der Waals surface area contributed by atoms with E-state index < -0.39 is 0 Å². The van der Waals surface area contributed by atoms with Crippen LogP contribution >= 0.6 is 39.3 Å². The summed E-state index contributed by atoms with van der Waals surface area (Å²) in [5, 5.41) is 0.561. The summed E-state index contributed by atoms with van der Waals surface area (Å²) < 4.78 is 0.707. The van der Waals surface area contributed by atoms with Gasteiger partial charge in [-0.25, -0.2) is 0 Å². The van der Waals surface area contributed by atoms with E-state index in [1.165, 1.54) is 11.8 Å². The van der Waals surface area contributed by atoms with Crippen LogP contribution in [0.25, 0.3) is 0 Å². The molecule has 0 unspecified atom stereocenters. The number of rotatable bonds is 4. The highest BCUT2D eigenvalue weighted by molar-refractivity contribution is 9.10. The largest absolute Gasteiger partial charge is 0.298 e. The van der Waals surface area contributed by atoms with Crippen LogP contribution in [0, 0.1) is 0 Å². The summed E-state index contributed by atoms with van der Waals surface area (Å²) in [6, 6.07) is 12.9. The number of hydrogen-bond donors (Lipinski definition) is 2. The summed E-state index contributed by atoms with van der Waals surface area (Å²) in [5.41, 5.74) is 6.78. The second-order valence-corrected chi connectivity index (χ2v) is 6.02. The lowest BCUT2D eigenvalue weighted by molar-refractivity contribution is 0.0962. The first-order chi connectivity index (χ1) is 9.61. The summed E-state index contributed by atoms with van der Waals surface area (Å²) in [6.45, 7) is 0. The molecule has 0 radical (unpaired) electrons. The quantitative estimate of drug-likeness (QED) is 0.610. The fourth-order valence-electron chi connectivity index (χ4n) is 1.58. The highest BCUT2D eigenvalue weighted by atomic mass is 79.9. The first-order valence-electron chi connectivity index (χ1n) is 5.76. The van der Waals surface area contributed by atoms with Gasteiger partial charge in [0.1, 0.15) is 0 Å². The molecule has 0 aliphatic carbocycles. The van der Waals surface area contributed by atoms with Crippen LogP contribution in [-0.4, -0.2) is 12.2 Å². The smallest absolute Gasteiger partial charge is 0.270 e. The maximum absolute atomic E-state index is 12.1. The molecule has 0 heterocycles. The van der Waals surface area contributed by atoms with Crippen LogP contribution in [0.3, 0.4) is 0 Å². The molecule has 0 spiro atoms. The molecule has 1 amide bonds. The zero-order valence-corrected chi connectivity index (χ0v) is 13.8. The molecule has 0 bridgehead atoms. The normalized spacial score (nSPS) is 10.2. The third-order valence-corrected chi connectivity index (χ3v) is 4.44. The Hall–Kier alpha value is -1.17. The molecule has 3 nitrogen and oxygen atoms in total. The second-order valence-electron chi connectivity index (χ2n) is 3.91. The molecule has 2 aromatic carbocycles. The molecule has 0 fully saturated rings. The Bertz CT molecular complexity index is 622. The minimum absolute atomic E-state index is 0.254. The van der Waals surface area contributed by atoms with E-state index >= 15 is 0 Å². The number of para-hydroxylation sites is 1. The van der Waals surface area contributed by atoms with Crippen LogP contribution < -0.4 is 10.9 Å². The molecular weight excluding hydrogens is 360 g/mol. The molecular formula is C14H12BrClN2OS. The standard InChI is InChI=1S/C14H12BrClN2OS/c1-20-13-8-11(15)10(7-12(13)16)14(19)18-17-9-5-3-2-4-6-9/h2-8,17H,1H3,(H,18,19). The van der Waals surface area contributed by atoms with E-state index in [9.17, 15) is 4.79 Å². The van der Waals surface area contributed by atoms with Gasteiger partial charge in [0, 0.05) is 9.37 Å². The lowest BCUT2D eigenvalue weighted by Crippen LogP contribution is -2.29. The molecule has 0 aromatic heterocycles. The van der Waals surface area contributed by atoms with Crippen LogP contribution in [0.1, 0.15) is 10.4 Å². The van der Waals surface area contributed by atoms with E-state index in [4.69, 9.17) is 11.6 Å². The van der Waals surface area contributed by atoms with Gasteiger partial charge in [0.15, 0.2) is 0 Å². The van der Waals surface area contributed by atoms with E-state index in [0.29, 0.717) is 15.1 Å². The number of nitrogens with one attached hydrogen (secondary N) is 2. The van der Waals surface area contributed by atoms with E-state index in [-0.39, 0.29) is 5.91 Å². The molecule has 0 aliphatic heterocycles. The second kappa shape index (κ2) is 7.02. The van der Waals surface area contributed by atoms with Crippen LogP contribution in [-0.2, 0) is 0 Å².